The molecule has 0 atom stereocenters. The van der Waals surface area contributed by atoms with Crippen molar-refractivity contribution in [1.82, 2.24) is 0 Å². The van der Waals surface area contributed by atoms with Crippen molar-refractivity contribution >= 4 is 57.7 Å². The summed E-state index contributed by atoms with van der Waals surface area (Å²) in [6, 6.07) is 31.6. The molecule has 0 bridgehead atoms. The second kappa shape index (κ2) is 12.1. The molecule has 218 valence electrons. The summed E-state index contributed by atoms with van der Waals surface area (Å²) in [7, 11) is 1.51. The summed E-state index contributed by atoms with van der Waals surface area (Å²) in [6.45, 7) is 2.16. The van der Waals surface area contributed by atoms with Crippen molar-refractivity contribution in [1.29, 1.82) is 0 Å². The summed E-state index contributed by atoms with van der Waals surface area (Å²) in [5.41, 5.74) is 2.89. The molecule has 0 aliphatic carbocycles. The Morgan fingerprint density at radius 1 is 0.750 bits per heavy atom. The van der Waals surface area contributed by atoms with Gasteiger partial charge in [-0.05, 0) is 77.5 Å². The molecule has 0 radical (unpaired) electrons. The highest BCUT2D eigenvalue weighted by Gasteiger charge is 2.44. The molecular formula is C36H27ClN2O5. The molecule has 0 unspecified atom stereocenters. The van der Waals surface area contributed by atoms with Gasteiger partial charge in [-0.2, -0.15) is 0 Å². The summed E-state index contributed by atoms with van der Waals surface area (Å²) in [4.78, 5) is 44.1. The molecular weight excluding hydrogens is 576 g/mol. The van der Waals surface area contributed by atoms with Gasteiger partial charge in [-0.1, -0.05) is 78.3 Å². The smallest absolute Gasteiger partial charge is 0.343 e. The molecule has 1 aliphatic rings. The number of aryl methyl sites for hydroxylation is 1. The number of nitrogens with zero attached hydrogens (tertiary/aromatic N) is 2. The second-order valence-electron chi connectivity index (χ2n) is 10.3. The Balaban J connectivity index is 1.41. The number of urea groups is 1. The van der Waals surface area contributed by atoms with Crippen LogP contribution in [-0.4, -0.2) is 25.0 Å². The van der Waals surface area contributed by atoms with Crippen LogP contribution in [0, 0.1) is 6.92 Å². The summed E-state index contributed by atoms with van der Waals surface area (Å²) in [5, 5.41) is 2.20. The maximum Gasteiger partial charge on any atom is 0.343 e. The van der Waals surface area contributed by atoms with Crippen LogP contribution in [0.5, 0.6) is 11.5 Å². The summed E-state index contributed by atoms with van der Waals surface area (Å²) >= 11 is 5.98. The van der Waals surface area contributed by atoms with Crippen molar-refractivity contribution < 1.29 is 23.9 Å². The highest BCUT2D eigenvalue weighted by molar-refractivity contribution is 6.46. The number of fused-ring (bicyclic) bond motifs is 1. The molecule has 0 saturated carbocycles. The molecule has 44 heavy (non-hydrogen) atoms. The molecule has 4 amide bonds. The van der Waals surface area contributed by atoms with E-state index in [1.54, 1.807) is 60.7 Å². The zero-order chi connectivity index (χ0) is 30.8. The molecule has 1 aliphatic heterocycles. The fraction of sp³-hybridized carbons (Fsp3) is 0.0833. The molecule has 8 heteroatoms. The molecule has 7 nitrogen and oxygen atoms in total. The first-order valence-corrected chi connectivity index (χ1v) is 14.3. The van der Waals surface area contributed by atoms with Crippen LogP contribution >= 0.6 is 11.6 Å². The summed E-state index contributed by atoms with van der Waals surface area (Å²) in [5.74, 6) is -0.534. The fourth-order valence-electron chi connectivity index (χ4n) is 5.14. The second-order valence-corrected chi connectivity index (χ2v) is 10.7. The number of barbiturate groups is 1. The number of halogens is 1. The van der Waals surface area contributed by atoms with Crippen molar-refractivity contribution in [2.45, 2.75) is 13.5 Å². The monoisotopic (exact) mass is 602 g/mol. The first-order valence-electron chi connectivity index (χ1n) is 13.9. The van der Waals surface area contributed by atoms with Gasteiger partial charge in [0.15, 0.2) is 11.5 Å². The lowest BCUT2D eigenvalue weighted by molar-refractivity contribution is -0.121. The van der Waals surface area contributed by atoms with E-state index in [0.29, 0.717) is 45.5 Å². The van der Waals surface area contributed by atoms with E-state index in [9.17, 15) is 14.4 Å². The number of carbonyl (C=O) groups is 3. The van der Waals surface area contributed by atoms with Crippen molar-refractivity contribution in [2.24, 2.45) is 0 Å². The van der Waals surface area contributed by atoms with Crippen LogP contribution in [0.2, 0.25) is 5.02 Å². The molecule has 5 aromatic rings. The predicted molar refractivity (Wildman–Crippen MR) is 172 cm³/mol. The van der Waals surface area contributed by atoms with Crippen LogP contribution in [0.4, 0.5) is 16.2 Å². The number of benzene rings is 5. The Morgan fingerprint density at radius 3 is 2.25 bits per heavy atom. The first kappa shape index (κ1) is 28.7. The normalized spacial score (nSPS) is 14.4. The van der Waals surface area contributed by atoms with Crippen molar-refractivity contribution in [3.05, 3.63) is 136 Å². The van der Waals surface area contributed by atoms with Gasteiger partial charge in [0.2, 0.25) is 0 Å². The lowest BCUT2D eigenvalue weighted by Gasteiger charge is -2.34. The highest BCUT2D eigenvalue weighted by atomic mass is 35.5. The first-order chi connectivity index (χ1) is 21.3. The molecule has 0 aromatic heterocycles. The third-order valence-corrected chi connectivity index (χ3v) is 7.58. The van der Waals surface area contributed by atoms with E-state index in [1.807, 2.05) is 55.5 Å². The van der Waals surface area contributed by atoms with Gasteiger partial charge in [0.05, 0.1) is 18.5 Å². The number of amides is 4. The zero-order valence-electron chi connectivity index (χ0n) is 24.0. The third-order valence-electron chi connectivity index (χ3n) is 7.32. The number of rotatable bonds is 7. The number of anilines is 2. The van der Waals surface area contributed by atoms with Gasteiger partial charge in [0.1, 0.15) is 12.2 Å². The largest absolute Gasteiger partial charge is 0.493 e. The van der Waals surface area contributed by atoms with Crippen LogP contribution in [0.15, 0.2) is 115 Å². The zero-order valence-corrected chi connectivity index (χ0v) is 24.7. The fourth-order valence-corrected chi connectivity index (χ4v) is 5.27. The average Bonchev–Trinajstić information content (AvgIpc) is 3.03. The van der Waals surface area contributed by atoms with Gasteiger partial charge in [-0.3, -0.25) is 9.59 Å². The van der Waals surface area contributed by atoms with Crippen LogP contribution < -0.4 is 19.3 Å². The van der Waals surface area contributed by atoms with E-state index in [1.165, 1.54) is 13.2 Å². The van der Waals surface area contributed by atoms with Crippen LogP contribution in [0.25, 0.3) is 16.8 Å². The van der Waals surface area contributed by atoms with Crippen molar-refractivity contribution in [2.75, 3.05) is 16.9 Å². The molecule has 0 spiro atoms. The molecule has 5 aromatic carbocycles. The molecule has 0 N–H and O–H groups in total. The molecule has 6 rings (SSSR count). The quantitative estimate of drug-likeness (QED) is 0.139. The molecule has 1 heterocycles. The van der Waals surface area contributed by atoms with Gasteiger partial charge in [0.25, 0.3) is 11.8 Å². The number of carbonyl (C=O) groups excluding carboxylic acids is 3. The molecule has 1 fully saturated rings. The standard InChI is InChI=1S/C36H27ClN2O5/c1-23-7-5-10-28(19-23)38-34(40)30(35(41)39(36(38)42)31-12-6-9-26-8-3-4-11-29(26)31)20-25-15-18-32(33(21-25)43-2)44-22-24-13-16-27(37)17-14-24/h3-21H,22H2,1-2H3/b30-20+. The van der Waals surface area contributed by atoms with E-state index in [0.717, 1.165) is 26.3 Å². The van der Waals surface area contributed by atoms with Gasteiger partial charge < -0.3 is 9.47 Å². The topological polar surface area (TPSA) is 76.2 Å². The van der Waals surface area contributed by atoms with Gasteiger partial charge in [0, 0.05) is 10.4 Å². The van der Waals surface area contributed by atoms with E-state index in [-0.39, 0.29) is 5.57 Å². The number of hydrogen-bond acceptors (Lipinski definition) is 5. The minimum Gasteiger partial charge on any atom is -0.493 e. The Kier molecular flexibility index (Phi) is 7.87. The molecule has 1 saturated heterocycles. The van der Waals surface area contributed by atoms with Gasteiger partial charge in [-0.15, -0.1) is 0 Å². The lowest BCUT2D eigenvalue weighted by Crippen LogP contribution is -2.57. The predicted octanol–water partition coefficient (Wildman–Crippen LogP) is 7.97. The third kappa shape index (κ3) is 5.53. The number of methoxy groups -OCH3 is 1. The summed E-state index contributed by atoms with van der Waals surface area (Å²) in [6.07, 6.45) is 1.48. The highest BCUT2D eigenvalue weighted by Crippen LogP contribution is 2.35. The van der Waals surface area contributed by atoms with E-state index in [2.05, 4.69) is 0 Å². The maximum atomic E-state index is 14.1. The van der Waals surface area contributed by atoms with Crippen molar-refractivity contribution in [3.8, 4) is 11.5 Å². The Hall–Kier alpha value is -5.40. The number of hydrogen-bond donors (Lipinski definition) is 0. The lowest BCUT2D eigenvalue weighted by atomic mass is 10.0. The Morgan fingerprint density at radius 2 is 1.48 bits per heavy atom. The van der Waals surface area contributed by atoms with Gasteiger partial charge in [-0.25, -0.2) is 14.6 Å². The average molecular weight is 603 g/mol. The number of ether oxygens (including phenoxy) is 2. The van der Waals surface area contributed by atoms with Crippen LogP contribution in [0.3, 0.4) is 0 Å². The van der Waals surface area contributed by atoms with E-state index < -0.39 is 17.8 Å². The van der Waals surface area contributed by atoms with E-state index >= 15 is 0 Å². The van der Waals surface area contributed by atoms with Crippen molar-refractivity contribution in [3.63, 3.8) is 0 Å². The number of imide groups is 2. The van der Waals surface area contributed by atoms with E-state index in [4.69, 9.17) is 21.1 Å². The maximum absolute atomic E-state index is 14.1. The summed E-state index contributed by atoms with van der Waals surface area (Å²) < 4.78 is 11.5. The SMILES string of the molecule is COc1cc(/C=C2\C(=O)N(c3cccc(C)c3)C(=O)N(c3cccc4ccccc34)C2=O)ccc1OCc1ccc(Cl)cc1. The minimum absolute atomic E-state index is 0.170. The van der Waals surface area contributed by atoms with Gasteiger partial charge >= 0.3 is 6.03 Å². The van der Waals surface area contributed by atoms with Crippen LogP contribution in [0.1, 0.15) is 16.7 Å². The Bertz CT molecular complexity index is 1950. The van der Waals surface area contributed by atoms with Crippen LogP contribution in [-0.2, 0) is 16.2 Å². The Labute approximate surface area is 259 Å². The minimum atomic E-state index is -0.748.